The number of nitrogens with one attached hydrogen (secondary N) is 2. The molecule has 0 saturated heterocycles. The fraction of sp³-hybridized carbons (Fsp3) is 1.00. The fourth-order valence-electron chi connectivity index (χ4n) is 0.348. The summed E-state index contributed by atoms with van der Waals surface area (Å²) < 4.78 is 0. The summed E-state index contributed by atoms with van der Waals surface area (Å²) in [6.07, 6.45) is 1.17. The first-order valence-electron chi connectivity index (χ1n) is 2.73. The first-order chi connectivity index (χ1) is 3.31. The van der Waals surface area contributed by atoms with Crippen LogP contribution in [0.5, 0.6) is 0 Å². The lowest BCUT2D eigenvalue weighted by Crippen LogP contribution is -2.35. The lowest BCUT2D eigenvalue weighted by molar-refractivity contribution is 0.477. The van der Waals surface area contributed by atoms with Crippen molar-refractivity contribution in [1.29, 1.82) is 0 Å². The zero-order valence-electron chi connectivity index (χ0n) is 5.28. The van der Waals surface area contributed by atoms with E-state index in [-0.39, 0.29) is 0 Å². The second-order valence-corrected chi connectivity index (χ2v) is 1.70. The average Bonchev–Trinajstić information content (AvgIpc) is 1.68. The Labute approximate surface area is 45.3 Å². The van der Waals surface area contributed by atoms with Gasteiger partial charge in [0, 0.05) is 6.04 Å². The third kappa shape index (κ3) is 3.76. The molecule has 0 radical (unpaired) electrons. The first kappa shape index (κ1) is 6.92. The molecule has 0 aromatic carbocycles. The van der Waals surface area contributed by atoms with Gasteiger partial charge in [-0.25, -0.2) is 0 Å². The second kappa shape index (κ2) is 4.09. The van der Waals surface area contributed by atoms with Crippen LogP contribution >= 0.6 is 0 Å². The topological polar surface area (TPSA) is 24.1 Å². The highest BCUT2D eigenvalue weighted by atomic mass is 15.3. The Kier molecular flexibility index (Phi) is 4.04. The maximum atomic E-state index is 3.05. The maximum Gasteiger partial charge on any atom is 0.0181 e. The molecule has 7 heavy (non-hydrogen) atoms. The van der Waals surface area contributed by atoms with Crippen LogP contribution in [0.25, 0.3) is 0 Å². The molecule has 0 heterocycles. The van der Waals surface area contributed by atoms with E-state index in [4.69, 9.17) is 0 Å². The van der Waals surface area contributed by atoms with Crippen LogP contribution in [-0.4, -0.2) is 13.1 Å². The van der Waals surface area contributed by atoms with Gasteiger partial charge in [0.15, 0.2) is 0 Å². The molecule has 0 aromatic rings. The summed E-state index contributed by atoms with van der Waals surface area (Å²) >= 11 is 0. The molecule has 0 spiro atoms. The lowest BCUT2D eigenvalue weighted by Gasteiger charge is -2.07. The van der Waals surface area contributed by atoms with Gasteiger partial charge in [-0.2, -0.15) is 0 Å². The van der Waals surface area contributed by atoms with Crippen molar-refractivity contribution in [3.05, 3.63) is 0 Å². The van der Waals surface area contributed by atoms with E-state index >= 15 is 0 Å². The van der Waals surface area contributed by atoms with Gasteiger partial charge >= 0.3 is 0 Å². The lowest BCUT2D eigenvalue weighted by atomic mass is 10.3. The molecule has 0 aliphatic rings. The minimum absolute atomic E-state index is 0.588. The number of rotatable bonds is 3. The molecular weight excluding hydrogens is 88.1 g/mol. The number of hydrogen-bond donors (Lipinski definition) is 2. The Morgan fingerprint density at radius 2 is 2.14 bits per heavy atom. The molecule has 1 atom stereocenters. The number of hydrogen-bond acceptors (Lipinski definition) is 2. The van der Waals surface area contributed by atoms with Crippen molar-refractivity contribution in [1.82, 2.24) is 10.9 Å². The SMILES string of the molecule is CC[C@@H](C)NNC. The van der Waals surface area contributed by atoms with Gasteiger partial charge in [-0.15, -0.1) is 0 Å². The second-order valence-electron chi connectivity index (χ2n) is 1.70. The molecule has 0 bridgehead atoms. The van der Waals surface area contributed by atoms with E-state index in [9.17, 15) is 0 Å². The van der Waals surface area contributed by atoms with Crippen molar-refractivity contribution in [2.45, 2.75) is 26.3 Å². The standard InChI is InChI=1S/C5H14N2/c1-4-5(2)7-6-3/h5-7H,4H2,1-3H3/t5-/m1/s1. The minimum Gasteiger partial charge on any atom is -0.261 e. The Bertz CT molecular complexity index is 37.1. The van der Waals surface area contributed by atoms with Gasteiger partial charge in [0.05, 0.1) is 0 Å². The third-order valence-corrected chi connectivity index (χ3v) is 1.00. The van der Waals surface area contributed by atoms with Gasteiger partial charge < -0.3 is 0 Å². The van der Waals surface area contributed by atoms with Crippen LogP contribution < -0.4 is 10.9 Å². The van der Waals surface area contributed by atoms with Gasteiger partial charge in [0.2, 0.25) is 0 Å². The predicted octanol–water partition coefficient (Wildman–Crippen LogP) is 0.509. The highest BCUT2D eigenvalue weighted by molar-refractivity contribution is 4.49. The van der Waals surface area contributed by atoms with E-state index in [0.717, 1.165) is 0 Å². The quantitative estimate of drug-likeness (QED) is 0.507. The normalized spacial score (nSPS) is 14.1. The van der Waals surface area contributed by atoms with Crippen molar-refractivity contribution < 1.29 is 0 Å². The molecule has 0 unspecified atom stereocenters. The molecule has 0 fully saturated rings. The van der Waals surface area contributed by atoms with Crippen LogP contribution in [0, 0.1) is 0 Å². The molecule has 0 aliphatic carbocycles. The monoisotopic (exact) mass is 102 g/mol. The Hall–Kier alpha value is -0.0800. The van der Waals surface area contributed by atoms with Crippen LogP contribution in [0.2, 0.25) is 0 Å². The summed E-state index contributed by atoms with van der Waals surface area (Å²) in [4.78, 5) is 0. The van der Waals surface area contributed by atoms with E-state index in [1.54, 1.807) is 0 Å². The van der Waals surface area contributed by atoms with Gasteiger partial charge in [-0.3, -0.25) is 10.9 Å². The van der Waals surface area contributed by atoms with Crippen molar-refractivity contribution in [2.24, 2.45) is 0 Å². The zero-order valence-corrected chi connectivity index (χ0v) is 5.28. The summed E-state index contributed by atoms with van der Waals surface area (Å²) in [5.41, 5.74) is 5.91. The predicted molar refractivity (Wildman–Crippen MR) is 31.9 cm³/mol. The molecule has 0 aromatic heterocycles. The summed E-state index contributed by atoms with van der Waals surface area (Å²) in [7, 11) is 1.88. The van der Waals surface area contributed by atoms with E-state index in [1.807, 2.05) is 7.05 Å². The molecule has 2 heteroatoms. The number of hydrazine groups is 1. The summed E-state index contributed by atoms with van der Waals surface area (Å²) in [6.45, 7) is 4.28. The van der Waals surface area contributed by atoms with Crippen LogP contribution in [0.4, 0.5) is 0 Å². The third-order valence-electron chi connectivity index (χ3n) is 1.00. The van der Waals surface area contributed by atoms with Gasteiger partial charge in [-0.05, 0) is 20.4 Å². The van der Waals surface area contributed by atoms with Gasteiger partial charge in [0.25, 0.3) is 0 Å². The van der Waals surface area contributed by atoms with E-state index in [2.05, 4.69) is 24.7 Å². The Morgan fingerprint density at radius 1 is 1.57 bits per heavy atom. The highest BCUT2D eigenvalue weighted by Crippen LogP contribution is 1.82. The molecule has 2 nitrogen and oxygen atoms in total. The molecule has 2 N–H and O–H groups in total. The Balaban J connectivity index is 2.83. The van der Waals surface area contributed by atoms with Crippen molar-refractivity contribution in [3.8, 4) is 0 Å². The highest BCUT2D eigenvalue weighted by Gasteiger charge is 1.89. The summed E-state index contributed by atoms with van der Waals surface area (Å²) in [6, 6.07) is 0.588. The van der Waals surface area contributed by atoms with Crippen LogP contribution in [0.1, 0.15) is 20.3 Å². The van der Waals surface area contributed by atoms with Crippen LogP contribution in [0.15, 0.2) is 0 Å². The van der Waals surface area contributed by atoms with Crippen LogP contribution in [0.3, 0.4) is 0 Å². The van der Waals surface area contributed by atoms with Gasteiger partial charge in [0.1, 0.15) is 0 Å². The molecule has 0 saturated carbocycles. The van der Waals surface area contributed by atoms with E-state index < -0.39 is 0 Å². The largest absolute Gasteiger partial charge is 0.261 e. The van der Waals surface area contributed by atoms with Crippen molar-refractivity contribution in [2.75, 3.05) is 7.05 Å². The summed E-state index contributed by atoms with van der Waals surface area (Å²) in [5.74, 6) is 0. The first-order valence-corrected chi connectivity index (χ1v) is 2.73. The van der Waals surface area contributed by atoms with Crippen LogP contribution in [-0.2, 0) is 0 Å². The Morgan fingerprint density at radius 3 is 2.29 bits per heavy atom. The van der Waals surface area contributed by atoms with E-state index in [1.165, 1.54) is 6.42 Å². The van der Waals surface area contributed by atoms with Crippen molar-refractivity contribution in [3.63, 3.8) is 0 Å². The molecule has 0 rings (SSSR count). The average molecular weight is 102 g/mol. The summed E-state index contributed by atoms with van der Waals surface area (Å²) in [5, 5.41) is 0. The minimum atomic E-state index is 0.588. The van der Waals surface area contributed by atoms with Crippen molar-refractivity contribution >= 4 is 0 Å². The smallest absolute Gasteiger partial charge is 0.0181 e. The van der Waals surface area contributed by atoms with E-state index in [0.29, 0.717) is 6.04 Å². The molecular formula is C5H14N2. The maximum absolute atomic E-state index is 3.05. The molecule has 44 valence electrons. The molecule has 0 amide bonds. The fourth-order valence-corrected chi connectivity index (χ4v) is 0.348. The van der Waals surface area contributed by atoms with Gasteiger partial charge in [-0.1, -0.05) is 6.92 Å². The molecule has 0 aliphatic heterocycles. The zero-order chi connectivity index (χ0) is 5.70.